The number of hydrogen-bond acceptors (Lipinski definition) is 2. The van der Waals surface area contributed by atoms with Gasteiger partial charge in [-0.1, -0.05) is 31.2 Å². The summed E-state index contributed by atoms with van der Waals surface area (Å²) in [5.41, 5.74) is 0.410. The molecule has 0 aliphatic rings. The highest BCUT2D eigenvalue weighted by atomic mass is 35.5. The normalized spacial score (nSPS) is 11.4. The van der Waals surface area contributed by atoms with Crippen LogP contribution in [0.1, 0.15) is 13.3 Å². The maximum Gasteiger partial charge on any atom is 0.331 e. The third-order valence-electron chi connectivity index (χ3n) is 1.47. The summed E-state index contributed by atoms with van der Waals surface area (Å²) in [6, 6.07) is 0. The van der Waals surface area contributed by atoms with Gasteiger partial charge in [0.15, 0.2) is 0 Å². The van der Waals surface area contributed by atoms with Crippen LogP contribution in [0.25, 0.3) is 0 Å². The van der Waals surface area contributed by atoms with Crippen molar-refractivity contribution >= 4 is 17.6 Å². The Hall–Kier alpha value is -0.800. The number of carboxylic acids is 1. The van der Waals surface area contributed by atoms with Gasteiger partial charge in [-0.05, 0) is 6.42 Å². The van der Waals surface area contributed by atoms with Crippen LogP contribution in [0.2, 0.25) is 0 Å². The first-order valence-electron chi connectivity index (χ1n) is 4.04. The smallest absolute Gasteiger partial charge is 0.331 e. The zero-order valence-corrected chi connectivity index (χ0v) is 8.40. The molecule has 0 rings (SSSR count). The van der Waals surface area contributed by atoms with E-state index in [-0.39, 0.29) is 0 Å². The van der Waals surface area contributed by atoms with Gasteiger partial charge in [0.05, 0.1) is 0 Å². The number of aliphatic carboxylic acids is 1. The van der Waals surface area contributed by atoms with E-state index in [2.05, 4.69) is 11.9 Å². The molecule has 0 fully saturated rings. The largest absolute Gasteiger partial charge is 0.478 e. The lowest BCUT2D eigenvalue weighted by molar-refractivity contribution is -0.132. The summed E-state index contributed by atoms with van der Waals surface area (Å²) in [6.45, 7) is 6.29. The van der Waals surface area contributed by atoms with E-state index in [1.54, 1.807) is 13.0 Å². The van der Waals surface area contributed by atoms with E-state index in [4.69, 9.17) is 16.7 Å². The lowest BCUT2D eigenvalue weighted by Gasteiger charge is -2.00. The number of halogens is 1. The van der Waals surface area contributed by atoms with Crippen LogP contribution in [-0.2, 0) is 4.79 Å². The maximum absolute atomic E-state index is 10.5. The van der Waals surface area contributed by atoms with Crippen molar-refractivity contribution < 1.29 is 9.90 Å². The number of carboxylic acid groups (broad SMARTS) is 1. The first-order valence-corrected chi connectivity index (χ1v) is 4.42. The molecule has 0 heterocycles. The number of carbonyl (C=O) groups is 1. The van der Waals surface area contributed by atoms with Crippen molar-refractivity contribution in [3.05, 3.63) is 23.3 Å². The standard InChI is InChI=1S/C9H14ClNO2/c1-3-8(9(12)13)4-5-11-6-7(2)10/h4,11H,2-3,5-6H2,1H3,(H,12,13). The van der Waals surface area contributed by atoms with Gasteiger partial charge in [0.25, 0.3) is 0 Å². The summed E-state index contributed by atoms with van der Waals surface area (Å²) in [7, 11) is 0. The average molecular weight is 204 g/mol. The quantitative estimate of drug-likeness (QED) is 0.511. The van der Waals surface area contributed by atoms with Crippen LogP contribution in [0.3, 0.4) is 0 Å². The van der Waals surface area contributed by atoms with Crippen LogP contribution in [-0.4, -0.2) is 24.2 Å². The zero-order chi connectivity index (χ0) is 10.3. The number of rotatable bonds is 6. The molecule has 2 N–H and O–H groups in total. The molecule has 0 aromatic carbocycles. The van der Waals surface area contributed by atoms with Crippen LogP contribution in [0.4, 0.5) is 0 Å². The van der Waals surface area contributed by atoms with Crippen LogP contribution >= 0.6 is 11.6 Å². The van der Waals surface area contributed by atoms with Gasteiger partial charge in [-0.2, -0.15) is 0 Å². The maximum atomic E-state index is 10.5. The highest BCUT2D eigenvalue weighted by Gasteiger charge is 2.01. The Morgan fingerprint density at radius 1 is 1.69 bits per heavy atom. The van der Waals surface area contributed by atoms with Crippen molar-refractivity contribution in [3.63, 3.8) is 0 Å². The molecule has 0 aromatic rings. The zero-order valence-electron chi connectivity index (χ0n) is 7.64. The summed E-state index contributed by atoms with van der Waals surface area (Å²) in [6.07, 6.45) is 2.17. The van der Waals surface area contributed by atoms with Crippen molar-refractivity contribution in [1.82, 2.24) is 5.32 Å². The van der Waals surface area contributed by atoms with Crippen LogP contribution in [0, 0.1) is 0 Å². The Morgan fingerprint density at radius 3 is 2.69 bits per heavy atom. The third kappa shape index (κ3) is 6.37. The van der Waals surface area contributed by atoms with Crippen molar-refractivity contribution in [1.29, 1.82) is 0 Å². The summed E-state index contributed by atoms with van der Waals surface area (Å²) in [4.78, 5) is 10.5. The topological polar surface area (TPSA) is 49.3 Å². The van der Waals surface area contributed by atoms with Gasteiger partial charge in [-0.25, -0.2) is 4.79 Å². The first-order chi connectivity index (χ1) is 6.07. The fraction of sp³-hybridized carbons (Fsp3) is 0.444. The van der Waals surface area contributed by atoms with Gasteiger partial charge >= 0.3 is 5.97 Å². The van der Waals surface area contributed by atoms with Crippen LogP contribution in [0.15, 0.2) is 23.3 Å². The van der Waals surface area contributed by atoms with E-state index < -0.39 is 5.97 Å². The second kappa shape index (κ2) is 6.69. The van der Waals surface area contributed by atoms with Crippen molar-refractivity contribution in [2.45, 2.75) is 13.3 Å². The summed E-state index contributed by atoms with van der Waals surface area (Å²) < 4.78 is 0. The van der Waals surface area contributed by atoms with E-state index in [9.17, 15) is 4.79 Å². The molecule has 0 saturated carbocycles. The molecule has 13 heavy (non-hydrogen) atoms. The minimum atomic E-state index is -0.867. The van der Waals surface area contributed by atoms with E-state index in [1.165, 1.54) is 0 Å². The monoisotopic (exact) mass is 203 g/mol. The Kier molecular flexibility index (Phi) is 6.28. The Labute approximate surface area is 83.1 Å². The third-order valence-corrected chi connectivity index (χ3v) is 1.60. The lowest BCUT2D eigenvalue weighted by Crippen LogP contribution is -2.16. The fourth-order valence-electron chi connectivity index (χ4n) is 0.786. The molecular weight excluding hydrogens is 190 g/mol. The second-order valence-corrected chi connectivity index (χ2v) is 3.07. The molecule has 0 radical (unpaired) electrons. The molecule has 0 spiro atoms. The number of hydrogen-bond donors (Lipinski definition) is 2. The molecule has 0 bridgehead atoms. The summed E-state index contributed by atoms with van der Waals surface area (Å²) in [5.74, 6) is -0.867. The van der Waals surface area contributed by atoms with Gasteiger partial charge in [-0.3, -0.25) is 0 Å². The van der Waals surface area contributed by atoms with E-state index in [0.717, 1.165) is 0 Å². The van der Waals surface area contributed by atoms with Gasteiger partial charge in [0.1, 0.15) is 0 Å². The molecule has 0 saturated heterocycles. The van der Waals surface area contributed by atoms with Gasteiger partial charge in [-0.15, -0.1) is 0 Å². The molecule has 0 aliphatic carbocycles. The van der Waals surface area contributed by atoms with Crippen molar-refractivity contribution in [2.24, 2.45) is 0 Å². The molecule has 74 valence electrons. The Morgan fingerprint density at radius 2 is 2.31 bits per heavy atom. The van der Waals surface area contributed by atoms with Crippen molar-refractivity contribution in [3.8, 4) is 0 Å². The van der Waals surface area contributed by atoms with Crippen LogP contribution in [0.5, 0.6) is 0 Å². The Bertz CT molecular complexity index is 224. The van der Waals surface area contributed by atoms with Crippen LogP contribution < -0.4 is 5.32 Å². The highest BCUT2D eigenvalue weighted by molar-refractivity contribution is 6.29. The summed E-state index contributed by atoms with van der Waals surface area (Å²) in [5, 5.41) is 12.1. The minimum Gasteiger partial charge on any atom is -0.478 e. The minimum absolute atomic E-state index is 0.410. The average Bonchev–Trinajstić information content (AvgIpc) is 2.03. The van der Waals surface area contributed by atoms with E-state index in [0.29, 0.717) is 30.1 Å². The Balaban J connectivity index is 3.80. The molecule has 0 amide bonds. The van der Waals surface area contributed by atoms with Crippen molar-refractivity contribution in [2.75, 3.05) is 13.1 Å². The first kappa shape index (κ1) is 12.2. The lowest BCUT2D eigenvalue weighted by atomic mass is 10.2. The molecule has 0 unspecified atom stereocenters. The fourth-order valence-corrected chi connectivity index (χ4v) is 0.881. The molecule has 0 aliphatic heterocycles. The molecule has 4 heteroatoms. The predicted octanol–water partition coefficient (Wildman–Crippen LogP) is 1.75. The summed E-state index contributed by atoms with van der Waals surface area (Å²) >= 11 is 5.50. The molecule has 3 nitrogen and oxygen atoms in total. The van der Waals surface area contributed by atoms with E-state index >= 15 is 0 Å². The predicted molar refractivity (Wildman–Crippen MR) is 53.9 cm³/mol. The molecular formula is C9H14ClNO2. The van der Waals surface area contributed by atoms with Gasteiger partial charge in [0, 0.05) is 23.7 Å². The van der Waals surface area contributed by atoms with E-state index in [1.807, 2.05) is 0 Å². The molecule has 0 atom stereocenters. The SMILES string of the molecule is C=C(Cl)CNCC=C(CC)C(=O)O. The highest BCUT2D eigenvalue weighted by Crippen LogP contribution is 1.99. The van der Waals surface area contributed by atoms with Gasteiger partial charge in [0.2, 0.25) is 0 Å². The number of nitrogens with one attached hydrogen (secondary N) is 1. The van der Waals surface area contributed by atoms with Gasteiger partial charge < -0.3 is 10.4 Å². The molecule has 0 aromatic heterocycles. The second-order valence-electron chi connectivity index (χ2n) is 2.54.